The molecule has 2 unspecified atom stereocenters. The quantitative estimate of drug-likeness (QED) is 0.740. The lowest BCUT2D eigenvalue weighted by Gasteiger charge is -2.33. The molecule has 1 aliphatic heterocycles. The van der Waals surface area contributed by atoms with E-state index in [0.29, 0.717) is 18.9 Å². The van der Waals surface area contributed by atoms with Crippen molar-refractivity contribution in [3.8, 4) is 0 Å². The highest BCUT2D eigenvalue weighted by molar-refractivity contribution is 5.76. The molecule has 4 nitrogen and oxygen atoms in total. The van der Waals surface area contributed by atoms with Gasteiger partial charge in [0.15, 0.2) is 0 Å². The van der Waals surface area contributed by atoms with Gasteiger partial charge in [-0.2, -0.15) is 0 Å². The van der Waals surface area contributed by atoms with E-state index in [1.165, 1.54) is 0 Å². The molecule has 2 atom stereocenters. The minimum Gasteiger partial charge on any atom is -0.378 e. The standard InChI is InChI=1S/C13H26N2O2/c1-10(2)13(3,9-14)15-12(16)7-6-11-5-4-8-17-11/h10-11H,4-9,14H2,1-3H3,(H,15,16). The predicted octanol–water partition coefficient (Wildman–Crippen LogP) is 1.44. The fraction of sp³-hybridized carbons (Fsp3) is 0.923. The molecule has 1 amide bonds. The number of hydrogen-bond acceptors (Lipinski definition) is 3. The monoisotopic (exact) mass is 242 g/mol. The van der Waals surface area contributed by atoms with E-state index in [1.807, 2.05) is 6.92 Å². The summed E-state index contributed by atoms with van der Waals surface area (Å²) in [5.41, 5.74) is 5.44. The van der Waals surface area contributed by atoms with Crippen LogP contribution in [-0.4, -0.2) is 30.7 Å². The Morgan fingerprint density at radius 3 is 2.76 bits per heavy atom. The minimum atomic E-state index is -0.298. The molecule has 0 bridgehead atoms. The van der Waals surface area contributed by atoms with E-state index < -0.39 is 0 Å². The van der Waals surface area contributed by atoms with Crippen molar-refractivity contribution in [2.45, 2.75) is 58.1 Å². The number of rotatable bonds is 6. The zero-order chi connectivity index (χ0) is 12.9. The molecule has 0 aromatic heterocycles. The van der Waals surface area contributed by atoms with Crippen molar-refractivity contribution in [2.75, 3.05) is 13.2 Å². The van der Waals surface area contributed by atoms with Gasteiger partial charge in [-0.15, -0.1) is 0 Å². The Kier molecular flexibility index (Phi) is 5.40. The van der Waals surface area contributed by atoms with Crippen molar-refractivity contribution in [3.63, 3.8) is 0 Å². The molecular formula is C13H26N2O2. The van der Waals surface area contributed by atoms with Crippen molar-refractivity contribution < 1.29 is 9.53 Å². The lowest BCUT2D eigenvalue weighted by Crippen LogP contribution is -2.55. The molecule has 1 saturated heterocycles. The average Bonchev–Trinajstić information content (AvgIpc) is 2.78. The van der Waals surface area contributed by atoms with Crippen LogP contribution in [0, 0.1) is 5.92 Å². The highest BCUT2D eigenvalue weighted by atomic mass is 16.5. The summed E-state index contributed by atoms with van der Waals surface area (Å²) in [6, 6.07) is 0. The van der Waals surface area contributed by atoms with Gasteiger partial charge in [0.1, 0.15) is 0 Å². The first-order chi connectivity index (χ1) is 7.98. The van der Waals surface area contributed by atoms with Gasteiger partial charge >= 0.3 is 0 Å². The summed E-state index contributed by atoms with van der Waals surface area (Å²) >= 11 is 0. The number of nitrogens with one attached hydrogen (secondary N) is 1. The smallest absolute Gasteiger partial charge is 0.220 e. The minimum absolute atomic E-state index is 0.0853. The third-order valence-corrected chi connectivity index (χ3v) is 3.84. The number of nitrogens with two attached hydrogens (primary N) is 1. The van der Waals surface area contributed by atoms with Crippen molar-refractivity contribution in [1.82, 2.24) is 5.32 Å². The molecule has 1 aliphatic rings. The van der Waals surface area contributed by atoms with Gasteiger partial charge in [-0.25, -0.2) is 0 Å². The molecule has 0 aromatic carbocycles. The maximum Gasteiger partial charge on any atom is 0.220 e. The van der Waals surface area contributed by atoms with E-state index in [9.17, 15) is 4.79 Å². The first-order valence-corrected chi connectivity index (χ1v) is 6.60. The number of amides is 1. The Hall–Kier alpha value is -0.610. The molecule has 0 spiro atoms. The van der Waals surface area contributed by atoms with Crippen molar-refractivity contribution in [3.05, 3.63) is 0 Å². The van der Waals surface area contributed by atoms with Gasteiger partial charge in [0, 0.05) is 19.6 Å². The van der Waals surface area contributed by atoms with Crippen LogP contribution >= 0.6 is 0 Å². The van der Waals surface area contributed by atoms with Crippen LogP contribution in [0.1, 0.15) is 46.5 Å². The summed E-state index contributed by atoms with van der Waals surface area (Å²) < 4.78 is 5.50. The SMILES string of the molecule is CC(C)C(C)(CN)NC(=O)CCC1CCCO1. The predicted molar refractivity (Wildman–Crippen MR) is 68.6 cm³/mol. The van der Waals surface area contributed by atoms with Crippen LogP contribution in [-0.2, 0) is 9.53 Å². The second-order valence-electron chi connectivity index (χ2n) is 5.50. The van der Waals surface area contributed by atoms with Crippen LogP contribution in [0.5, 0.6) is 0 Å². The highest BCUT2D eigenvalue weighted by Gasteiger charge is 2.28. The largest absolute Gasteiger partial charge is 0.378 e. The van der Waals surface area contributed by atoms with Gasteiger partial charge in [-0.1, -0.05) is 13.8 Å². The Morgan fingerprint density at radius 1 is 1.59 bits per heavy atom. The second kappa shape index (κ2) is 6.36. The third kappa shape index (κ3) is 4.28. The van der Waals surface area contributed by atoms with Crippen LogP contribution in [0.15, 0.2) is 0 Å². The van der Waals surface area contributed by atoms with E-state index in [4.69, 9.17) is 10.5 Å². The second-order valence-corrected chi connectivity index (χ2v) is 5.50. The zero-order valence-corrected chi connectivity index (χ0v) is 11.3. The lowest BCUT2D eigenvalue weighted by molar-refractivity contribution is -0.123. The van der Waals surface area contributed by atoms with E-state index in [1.54, 1.807) is 0 Å². The Bertz CT molecular complexity index is 250. The maximum atomic E-state index is 11.9. The van der Waals surface area contributed by atoms with E-state index in [0.717, 1.165) is 25.9 Å². The first-order valence-electron chi connectivity index (χ1n) is 6.60. The molecule has 17 heavy (non-hydrogen) atoms. The summed E-state index contributed by atoms with van der Waals surface area (Å²) in [7, 11) is 0. The van der Waals surface area contributed by atoms with Gasteiger partial charge in [0.05, 0.1) is 11.6 Å². The van der Waals surface area contributed by atoms with Crippen LogP contribution in [0.4, 0.5) is 0 Å². The average molecular weight is 242 g/mol. The van der Waals surface area contributed by atoms with E-state index >= 15 is 0 Å². The summed E-state index contributed by atoms with van der Waals surface area (Å²) in [5.74, 6) is 0.418. The van der Waals surface area contributed by atoms with Crippen LogP contribution in [0.2, 0.25) is 0 Å². The third-order valence-electron chi connectivity index (χ3n) is 3.84. The Balaban J connectivity index is 2.32. The van der Waals surface area contributed by atoms with Crippen LogP contribution in [0.25, 0.3) is 0 Å². The Morgan fingerprint density at radius 2 is 2.29 bits per heavy atom. The number of ether oxygens (including phenoxy) is 1. The Labute approximate surface area is 104 Å². The molecule has 0 aliphatic carbocycles. The fourth-order valence-electron chi connectivity index (χ4n) is 1.98. The van der Waals surface area contributed by atoms with Crippen molar-refractivity contribution in [1.29, 1.82) is 0 Å². The topological polar surface area (TPSA) is 64.3 Å². The maximum absolute atomic E-state index is 11.9. The van der Waals surface area contributed by atoms with Crippen LogP contribution in [0.3, 0.4) is 0 Å². The number of hydrogen-bond donors (Lipinski definition) is 2. The summed E-state index contributed by atoms with van der Waals surface area (Å²) in [4.78, 5) is 11.9. The highest BCUT2D eigenvalue weighted by Crippen LogP contribution is 2.18. The molecule has 3 N–H and O–H groups in total. The van der Waals surface area contributed by atoms with Gasteiger partial charge in [-0.3, -0.25) is 4.79 Å². The molecule has 1 heterocycles. The molecule has 0 saturated carbocycles. The molecule has 1 fully saturated rings. The normalized spacial score (nSPS) is 23.7. The van der Waals surface area contributed by atoms with Crippen LogP contribution < -0.4 is 11.1 Å². The zero-order valence-electron chi connectivity index (χ0n) is 11.3. The van der Waals surface area contributed by atoms with Gasteiger partial charge in [0.2, 0.25) is 5.91 Å². The lowest BCUT2D eigenvalue weighted by atomic mass is 9.88. The molecule has 100 valence electrons. The number of carbonyl (C=O) groups excluding carboxylic acids is 1. The van der Waals surface area contributed by atoms with Gasteiger partial charge in [0.25, 0.3) is 0 Å². The molecule has 0 radical (unpaired) electrons. The van der Waals surface area contributed by atoms with Crippen molar-refractivity contribution >= 4 is 5.91 Å². The fourth-order valence-corrected chi connectivity index (χ4v) is 1.98. The molecular weight excluding hydrogens is 216 g/mol. The molecule has 1 rings (SSSR count). The summed E-state index contributed by atoms with van der Waals surface area (Å²) in [5, 5.41) is 3.05. The first kappa shape index (κ1) is 14.5. The van der Waals surface area contributed by atoms with Gasteiger partial charge < -0.3 is 15.8 Å². The number of carbonyl (C=O) groups is 1. The summed E-state index contributed by atoms with van der Waals surface area (Å²) in [6.07, 6.45) is 3.85. The van der Waals surface area contributed by atoms with E-state index in [-0.39, 0.29) is 17.6 Å². The molecule has 4 heteroatoms. The van der Waals surface area contributed by atoms with Crippen molar-refractivity contribution in [2.24, 2.45) is 11.7 Å². The van der Waals surface area contributed by atoms with E-state index in [2.05, 4.69) is 19.2 Å². The molecule has 0 aromatic rings. The summed E-state index contributed by atoms with van der Waals surface area (Å²) in [6.45, 7) is 7.47. The van der Waals surface area contributed by atoms with Gasteiger partial charge in [-0.05, 0) is 32.1 Å².